The van der Waals surface area contributed by atoms with E-state index in [9.17, 15) is 9.59 Å². The Hall–Kier alpha value is -2.18. The summed E-state index contributed by atoms with van der Waals surface area (Å²) in [7, 11) is 0. The summed E-state index contributed by atoms with van der Waals surface area (Å²) >= 11 is 7.76. The van der Waals surface area contributed by atoms with Gasteiger partial charge in [0, 0.05) is 17.0 Å². The molecule has 1 aromatic carbocycles. The third kappa shape index (κ3) is 3.08. The second-order valence-electron chi connectivity index (χ2n) is 8.49. The molecule has 5 nitrogen and oxygen atoms in total. The van der Waals surface area contributed by atoms with Gasteiger partial charge in [-0.05, 0) is 36.3 Å². The number of halogens is 1. The molecule has 3 aliphatic rings. The zero-order valence-electron chi connectivity index (χ0n) is 16.9. The van der Waals surface area contributed by atoms with Crippen LogP contribution in [0.3, 0.4) is 0 Å². The van der Waals surface area contributed by atoms with E-state index >= 15 is 0 Å². The highest BCUT2D eigenvalue weighted by molar-refractivity contribution is 7.13. The predicted octanol–water partition coefficient (Wildman–Crippen LogP) is 4.98. The number of carbonyl (C=O) groups excluding carboxylic acids is 2. The molecule has 0 spiro atoms. The van der Waals surface area contributed by atoms with Crippen molar-refractivity contribution in [2.45, 2.75) is 56.6 Å². The fraction of sp³-hybridized carbons (Fsp3) is 0.435. The topological polar surface area (TPSA) is 59.5 Å². The minimum atomic E-state index is -0.524. The Morgan fingerprint density at radius 3 is 2.63 bits per heavy atom. The Bertz CT molecular complexity index is 1020. The normalized spacial score (nSPS) is 28.6. The number of ketones is 1. The zero-order valence-corrected chi connectivity index (χ0v) is 18.4. The molecular weight excluding hydrogens is 420 g/mol. The van der Waals surface area contributed by atoms with Crippen LogP contribution >= 0.6 is 22.9 Å². The molecule has 1 fully saturated rings. The maximum Gasteiger partial charge on any atom is 0.296 e. The van der Waals surface area contributed by atoms with Gasteiger partial charge in [0.05, 0.1) is 17.5 Å². The van der Waals surface area contributed by atoms with Crippen molar-refractivity contribution in [2.24, 2.45) is 5.92 Å². The van der Waals surface area contributed by atoms with Gasteiger partial charge in [0.25, 0.3) is 5.91 Å². The molecular formula is C23H23ClN2O3S. The van der Waals surface area contributed by atoms with E-state index in [0.29, 0.717) is 29.5 Å². The molecule has 1 saturated carbocycles. The summed E-state index contributed by atoms with van der Waals surface area (Å²) in [5.74, 6) is 0.0240. The van der Waals surface area contributed by atoms with Crippen LogP contribution in [-0.2, 0) is 14.3 Å². The minimum Gasteiger partial charge on any atom is -0.483 e. The van der Waals surface area contributed by atoms with E-state index in [2.05, 4.69) is 31.0 Å². The molecule has 0 N–H and O–H groups in total. The number of ether oxygens (including phenoxy) is 1. The second-order valence-corrected chi connectivity index (χ2v) is 9.98. The predicted molar refractivity (Wildman–Crippen MR) is 117 cm³/mol. The highest BCUT2D eigenvalue weighted by Gasteiger charge is 2.53. The lowest BCUT2D eigenvalue weighted by atomic mass is 9.77. The van der Waals surface area contributed by atoms with Crippen LogP contribution in [0.2, 0.25) is 0 Å². The molecule has 3 heterocycles. The van der Waals surface area contributed by atoms with Crippen LogP contribution in [0.15, 0.2) is 47.2 Å². The number of hydrogen-bond donors (Lipinski definition) is 0. The van der Waals surface area contributed by atoms with Crippen LogP contribution in [-0.4, -0.2) is 28.2 Å². The van der Waals surface area contributed by atoms with Gasteiger partial charge in [0.1, 0.15) is 6.10 Å². The monoisotopic (exact) mass is 442 g/mol. The first-order valence-electron chi connectivity index (χ1n) is 10.4. The van der Waals surface area contributed by atoms with Crippen molar-refractivity contribution < 1.29 is 14.3 Å². The molecule has 1 aromatic heterocycles. The van der Waals surface area contributed by atoms with Gasteiger partial charge in [-0.2, -0.15) is 0 Å². The molecule has 5 rings (SSSR count). The SMILES string of the molecule is CC(C)c1ccc(C2C3=C(OC4CCC(Cl)CC4C3=O)C(=O)N2c2nccs2)cc1. The van der Waals surface area contributed by atoms with Crippen LogP contribution in [0.1, 0.15) is 56.2 Å². The fourth-order valence-corrected chi connectivity index (χ4v) is 5.71. The molecule has 30 heavy (non-hydrogen) atoms. The van der Waals surface area contributed by atoms with Crippen molar-refractivity contribution in [3.8, 4) is 0 Å². The van der Waals surface area contributed by atoms with E-state index in [1.807, 2.05) is 17.5 Å². The smallest absolute Gasteiger partial charge is 0.296 e. The molecule has 156 valence electrons. The molecule has 2 aliphatic heterocycles. The fourth-order valence-electron chi connectivity index (χ4n) is 4.73. The average molecular weight is 443 g/mol. The van der Waals surface area contributed by atoms with Crippen molar-refractivity contribution in [2.75, 3.05) is 4.90 Å². The summed E-state index contributed by atoms with van der Waals surface area (Å²) in [5.41, 5.74) is 2.56. The van der Waals surface area contributed by atoms with Gasteiger partial charge in [-0.3, -0.25) is 14.5 Å². The largest absolute Gasteiger partial charge is 0.483 e. The third-order valence-corrected chi connectivity index (χ3v) is 7.50. The summed E-state index contributed by atoms with van der Waals surface area (Å²) in [4.78, 5) is 33.0. The summed E-state index contributed by atoms with van der Waals surface area (Å²) in [6.45, 7) is 4.28. The number of alkyl halides is 1. The molecule has 7 heteroatoms. The summed E-state index contributed by atoms with van der Waals surface area (Å²) in [6.07, 6.45) is 3.48. The van der Waals surface area contributed by atoms with Gasteiger partial charge in [-0.1, -0.05) is 38.1 Å². The highest BCUT2D eigenvalue weighted by Crippen LogP contribution is 2.49. The Balaban J connectivity index is 1.61. The second kappa shape index (κ2) is 7.50. The summed E-state index contributed by atoms with van der Waals surface area (Å²) in [6, 6.07) is 7.62. The molecule has 0 saturated heterocycles. The summed E-state index contributed by atoms with van der Waals surface area (Å²) < 4.78 is 6.17. The van der Waals surface area contributed by atoms with Crippen LogP contribution in [0.4, 0.5) is 5.13 Å². The molecule has 2 aromatic rings. The Labute approximate surface area is 184 Å². The van der Waals surface area contributed by atoms with Crippen molar-refractivity contribution in [3.05, 3.63) is 58.3 Å². The van der Waals surface area contributed by atoms with Crippen molar-refractivity contribution in [1.82, 2.24) is 4.98 Å². The quantitative estimate of drug-likeness (QED) is 0.628. The highest BCUT2D eigenvalue weighted by atomic mass is 35.5. The maximum atomic E-state index is 13.6. The van der Waals surface area contributed by atoms with Gasteiger partial charge in [0.2, 0.25) is 0 Å². The van der Waals surface area contributed by atoms with Crippen molar-refractivity contribution >= 4 is 39.8 Å². The standard InChI is InChI=1S/C23H23ClN2O3S/c1-12(2)13-3-5-14(6-4-13)19-18-20(27)16-11-15(24)7-8-17(16)29-21(18)22(28)26(19)23-25-9-10-30-23/h3-6,9-10,12,15-17,19H,7-8,11H2,1-2H3. The van der Waals surface area contributed by atoms with Gasteiger partial charge < -0.3 is 4.74 Å². The van der Waals surface area contributed by atoms with E-state index in [0.717, 1.165) is 12.0 Å². The van der Waals surface area contributed by atoms with Crippen LogP contribution < -0.4 is 4.90 Å². The number of benzene rings is 1. The number of carbonyl (C=O) groups is 2. The molecule has 1 amide bonds. The van der Waals surface area contributed by atoms with Gasteiger partial charge in [-0.15, -0.1) is 22.9 Å². The molecule has 0 bridgehead atoms. The lowest BCUT2D eigenvalue weighted by Crippen LogP contribution is -2.41. The van der Waals surface area contributed by atoms with Crippen LogP contribution in [0.5, 0.6) is 0 Å². The number of nitrogens with zero attached hydrogens (tertiary/aromatic N) is 2. The molecule has 4 atom stereocenters. The Morgan fingerprint density at radius 1 is 1.20 bits per heavy atom. The maximum absolute atomic E-state index is 13.6. The average Bonchev–Trinajstić information content (AvgIpc) is 3.35. The van der Waals surface area contributed by atoms with Gasteiger partial charge >= 0.3 is 0 Å². The minimum absolute atomic E-state index is 0.00283. The first-order valence-corrected chi connectivity index (χ1v) is 11.7. The first kappa shape index (κ1) is 19.8. The van der Waals surface area contributed by atoms with Gasteiger partial charge in [0.15, 0.2) is 16.7 Å². The number of rotatable bonds is 3. The number of thiazole rings is 1. The number of hydrogen-bond acceptors (Lipinski definition) is 5. The number of amides is 1. The third-order valence-electron chi connectivity index (χ3n) is 6.33. The van der Waals surface area contributed by atoms with E-state index in [-0.39, 0.29) is 34.8 Å². The van der Waals surface area contributed by atoms with Crippen molar-refractivity contribution in [3.63, 3.8) is 0 Å². The van der Waals surface area contributed by atoms with E-state index in [1.165, 1.54) is 16.9 Å². The number of aromatic nitrogens is 1. The summed E-state index contributed by atoms with van der Waals surface area (Å²) in [5, 5.41) is 2.37. The zero-order chi connectivity index (χ0) is 21.0. The first-order chi connectivity index (χ1) is 14.5. The lowest BCUT2D eigenvalue weighted by Gasteiger charge is -2.37. The number of fused-ring (bicyclic) bond motifs is 1. The van der Waals surface area contributed by atoms with E-state index in [4.69, 9.17) is 16.3 Å². The number of Topliss-reactive ketones (excluding diaryl/α,β-unsaturated/α-hetero) is 1. The Kier molecular flexibility index (Phi) is 4.94. The van der Waals surface area contributed by atoms with Crippen molar-refractivity contribution in [1.29, 1.82) is 0 Å². The van der Waals surface area contributed by atoms with E-state index in [1.54, 1.807) is 11.1 Å². The van der Waals surface area contributed by atoms with Crippen LogP contribution in [0, 0.1) is 5.92 Å². The molecule has 0 radical (unpaired) electrons. The molecule has 1 aliphatic carbocycles. The molecule has 4 unspecified atom stereocenters. The van der Waals surface area contributed by atoms with Gasteiger partial charge in [-0.25, -0.2) is 4.98 Å². The van der Waals surface area contributed by atoms with E-state index < -0.39 is 6.04 Å². The Morgan fingerprint density at radius 2 is 1.97 bits per heavy atom. The van der Waals surface area contributed by atoms with Crippen LogP contribution in [0.25, 0.3) is 0 Å². The number of anilines is 1. The lowest BCUT2D eigenvalue weighted by molar-refractivity contribution is -0.131.